The van der Waals surface area contributed by atoms with Crippen LogP contribution >= 0.6 is 23.1 Å². The van der Waals surface area contributed by atoms with Gasteiger partial charge in [-0.2, -0.15) is 0 Å². The molecular weight excluding hydrogens is 342 g/mol. The predicted octanol–water partition coefficient (Wildman–Crippen LogP) is -0.201. The standard InChI is InChI=1S/C13H15N3O5S2/c1-5(18)8-9-6(2-17)7(3-22-13-15-14-4-23-13)10(12(20)21)16(9)11(8)19/h4-6,8-9,17-18H,2-3H2,1H3,(H,20,21)/t5-,6-,8-,9-/m1/s1. The Morgan fingerprint density at radius 2 is 2.30 bits per heavy atom. The van der Waals surface area contributed by atoms with Crippen molar-refractivity contribution in [3.63, 3.8) is 0 Å². The van der Waals surface area contributed by atoms with E-state index in [0.29, 0.717) is 15.7 Å². The Bertz CT molecular complexity index is 661. The van der Waals surface area contributed by atoms with Gasteiger partial charge in [0, 0.05) is 11.7 Å². The SMILES string of the molecule is C[C@@H](O)[C@H]1C(=O)N2C(C(=O)O)=C(CSc3nncs3)[C@@H](CO)[C@H]12. The molecule has 0 aromatic carbocycles. The van der Waals surface area contributed by atoms with E-state index in [1.807, 2.05) is 0 Å². The summed E-state index contributed by atoms with van der Waals surface area (Å²) in [6.07, 6.45) is -0.886. The largest absolute Gasteiger partial charge is 0.477 e. The molecule has 1 aromatic heterocycles. The van der Waals surface area contributed by atoms with Gasteiger partial charge < -0.3 is 20.2 Å². The van der Waals surface area contributed by atoms with Gasteiger partial charge in [0.05, 0.1) is 24.7 Å². The van der Waals surface area contributed by atoms with Gasteiger partial charge in [-0.05, 0) is 12.5 Å². The second-order valence-corrected chi connectivity index (χ2v) is 7.48. The number of hydrogen-bond donors (Lipinski definition) is 3. The van der Waals surface area contributed by atoms with Crippen molar-refractivity contribution in [3.8, 4) is 0 Å². The van der Waals surface area contributed by atoms with Crippen LogP contribution in [0, 0.1) is 11.8 Å². The maximum Gasteiger partial charge on any atom is 0.352 e. The number of nitrogens with zero attached hydrogens (tertiary/aromatic N) is 3. The fourth-order valence-electron chi connectivity index (χ4n) is 3.25. The molecule has 3 N–H and O–H groups in total. The van der Waals surface area contributed by atoms with E-state index in [1.165, 1.54) is 34.9 Å². The van der Waals surface area contributed by atoms with Crippen molar-refractivity contribution in [1.82, 2.24) is 15.1 Å². The fraction of sp³-hybridized carbons (Fsp3) is 0.538. The Morgan fingerprint density at radius 1 is 1.57 bits per heavy atom. The average Bonchev–Trinajstić information content (AvgIpc) is 3.08. The highest BCUT2D eigenvalue weighted by Crippen LogP contribution is 2.48. The average molecular weight is 357 g/mol. The van der Waals surface area contributed by atoms with Crippen molar-refractivity contribution in [2.75, 3.05) is 12.4 Å². The molecule has 0 radical (unpaired) electrons. The molecule has 0 saturated carbocycles. The van der Waals surface area contributed by atoms with Crippen molar-refractivity contribution >= 4 is 35.0 Å². The van der Waals surface area contributed by atoms with E-state index in [-0.39, 0.29) is 12.3 Å². The summed E-state index contributed by atoms with van der Waals surface area (Å²) < 4.78 is 0.687. The van der Waals surface area contributed by atoms with Crippen LogP contribution in [0.1, 0.15) is 6.92 Å². The number of fused-ring (bicyclic) bond motifs is 1. The van der Waals surface area contributed by atoms with Gasteiger partial charge in [-0.1, -0.05) is 23.1 Å². The summed E-state index contributed by atoms with van der Waals surface area (Å²) in [5, 5.41) is 36.6. The monoisotopic (exact) mass is 357 g/mol. The van der Waals surface area contributed by atoms with Gasteiger partial charge in [-0.25, -0.2) is 4.79 Å². The molecule has 0 bridgehead atoms. The van der Waals surface area contributed by atoms with Crippen LogP contribution in [0.4, 0.5) is 0 Å². The summed E-state index contributed by atoms with van der Waals surface area (Å²) in [6, 6.07) is -0.497. The Morgan fingerprint density at radius 3 is 2.83 bits per heavy atom. The first-order chi connectivity index (χ1) is 11.0. The number of carboxylic acid groups (broad SMARTS) is 1. The number of thioether (sulfide) groups is 1. The number of aliphatic hydroxyl groups is 2. The molecule has 1 fully saturated rings. The summed E-state index contributed by atoms with van der Waals surface area (Å²) in [5.41, 5.74) is 2.00. The van der Waals surface area contributed by atoms with Crippen molar-refractivity contribution in [1.29, 1.82) is 0 Å². The number of carboxylic acids is 1. The minimum atomic E-state index is -1.20. The lowest BCUT2D eigenvalue weighted by molar-refractivity contribution is -0.164. The Hall–Kier alpha value is -1.49. The van der Waals surface area contributed by atoms with Gasteiger partial charge in [0.25, 0.3) is 0 Å². The molecule has 1 amide bonds. The third kappa shape index (κ3) is 2.55. The van der Waals surface area contributed by atoms with Crippen LogP contribution in [0.15, 0.2) is 21.1 Å². The third-order valence-corrected chi connectivity index (χ3v) is 6.11. The Balaban J connectivity index is 1.91. The first kappa shape index (κ1) is 16.4. The molecule has 4 atom stereocenters. The zero-order chi connectivity index (χ0) is 16.7. The van der Waals surface area contributed by atoms with E-state index in [2.05, 4.69) is 10.2 Å². The maximum atomic E-state index is 12.2. The smallest absolute Gasteiger partial charge is 0.352 e. The number of amides is 1. The summed E-state index contributed by atoms with van der Waals surface area (Å²) >= 11 is 2.66. The third-order valence-electron chi connectivity index (χ3n) is 4.20. The minimum Gasteiger partial charge on any atom is -0.477 e. The number of rotatable bonds is 6. The van der Waals surface area contributed by atoms with Crippen molar-refractivity contribution < 1.29 is 24.9 Å². The highest BCUT2D eigenvalue weighted by atomic mass is 32.2. The van der Waals surface area contributed by atoms with E-state index in [4.69, 9.17) is 0 Å². The van der Waals surface area contributed by atoms with Gasteiger partial charge in [0.1, 0.15) is 11.2 Å². The zero-order valence-corrected chi connectivity index (χ0v) is 13.8. The van der Waals surface area contributed by atoms with E-state index in [1.54, 1.807) is 5.51 Å². The first-order valence-electron chi connectivity index (χ1n) is 6.94. The molecule has 2 aliphatic rings. The molecule has 3 rings (SSSR count). The summed E-state index contributed by atoms with van der Waals surface area (Å²) in [4.78, 5) is 25.0. The van der Waals surface area contributed by atoms with Gasteiger partial charge in [0.2, 0.25) is 5.91 Å². The van der Waals surface area contributed by atoms with Crippen LogP contribution in [0.5, 0.6) is 0 Å². The number of aromatic nitrogens is 2. The molecule has 8 nitrogen and oxygen atoms in total. The van der Waals surface area contributed by atoms with Crippen LogP contribution < -0.4 is 0 Å². The molecule has 3 heterocycles. The topological polar surface area (TPSA) is 124 Å². The Kier molecular flexibility index (Phi) is 4.41. The molecule has 0 aliphatic carbocycles. The highest BCUT2D eigenvalue weighted by Gasteiger charge is 2.60. The van der Waals surface area contributed by atoms with Crippen LogP contribution in [-0.4, -0.2) is 66.8 Å². The van der Waals surface area contributed by atoms with Crippen molar-refractivity contribution in [2.45, 2.75) is 23.4 Å². The highest BCUT2D eigenvalue weighted by molar-refractivity contribution is 8.01. The van der Waals surface area contributed by atoms with Crippen LogP contribution in [0.2, 0.25) is 0 Å². The Labute approximate surface area is 139 Å². The van der Waals surface area contributed by atoms with Crippen molar-refractivity contribution in [2.24, 2.45) is 11.8 Å². The van der Waals surface area contributed by atoms with Crippen LogP contribution in [0.3, 0.4) is 0 Å². The molecule has 23 heavy (non-hydrogen) atoms. The maximum absolute atomic E-state index is 12.2. The fourth-order valence-corrected chi connectivity index (χ4v) is 4.84. The van der Waals surface area contributed by atoms with E-state index < -0.39 is 35.9 Å². The van der Waals surface area contributed by atoms with E-state index in [9.17, 15) is 24.9 Å². The molecule has 2 aliphatic heterocycles. The number of carbonyl (C=O) groups is 2. The molecule has 124 valence electrons. The lowest BCUT2D eigenvalue weighted by Gasteiger charge is -2.46. The second kappa shape index (κ2) is 6.19. The normalized spacial score (nSPS) is 27.9. The number of aliphatic carboxylic acids is 1. The molecule has 1 saturated heterocycles. The van der Waals surface area contributed by atoms with Gasteiger partial charge in [0.15, 0.2) is 4.34 Å². The number of β-lactam (4-membered cyclic amide) rings is 1. The lowest BCUT2D eigenvalue weighted by atomic mass is 9.77. The molecule has 1 aromatic rings. The molecule has 10 heteroatoms. The van der Waals surface area contributed by atoms with Crippen LogP contribution in [0.25, 0.3) is 0 Å². The quantitative estimate of drug-likeness (QED) is 0.472. The minimum absolute atomic E-state index is 0.0760. The van der Waals surface area contributed by atoms with E-state index >= 15 is 0 Å². The number of aliphatic hydroxyl groups excluding tert-OH is 2. The summed E-state index contributed by atoms with van der Waals surface area (Å²) in [7, 11) is 0. The van der Waals surface area contributed by atoms with Crippen LogP contribution in [-0.2, 0) is 9.59 Å². The molecule has 0 unspecified atom stereocenters. The van der Waals surface area contributed by atoms with Gasteiger partial charge in [-0.15, -0.1) is 10.2 Å². The predicted molar refractivity (Wildman–Crippen MR) is 81.7 cm³/mol. The van der Waals surface area contributed by atoms with Gasteiger partial charge in [-0.3, -0.25) is 4.79 Å². The lowest BCUT2D eigenvalue weighted by Crippen LogP contribution is -2.64. The first-order valence-corrected chi connectivity index (χ1v) is 8.81. The zero-order valence-electron chi connectivity index (χ0n) is 12.1. The van der Waals surface area contributed by atoms with Gasteiger partial charge >= 0.3 is 5.97 Å². The van der Waals surface area contributed by atoms with E-state index in [0.717, 1.165) is 0 Å². The molecular formula is C13H15N3O5S2. The number of carbonyl (C=O) groups excluding carboxylic acids is 1. The summed E-state index contributed by atoms with van der Waals surface area (Å²) in [5.74, 6) is -2.47. The second-order valence-electron chi connectivity index (χ2n) is 5.43. The molecule has 0 spiro atoms. The number of hydrogen-bond acceptors (Lipinski definition) is 8. The summed E-state index contributed by atoms with van der Waals surface area (Å²) in [6.45, 7) is 1.23. The van der Waals surface area contributed by atoms with Crippen molar-refractivity contribution in [3.05, 3.63) is 16.8 Å².